The van der Waals surface area contributed by atoms with E-state index in [0.29, 0.717) is 19.8 Å². The molecule has 0 bridgehead atoms. The van der Waals surface area contributed by atoms with E-state index in [1.165, 1.54) is 0 Å². The van der Waals surface area contributed by atoms with Crippen LogP contribution in [0.5, 0.6) is 0 Å². The first kappa shape index (κ1) is 18.1. The monoisotopic (exact) mass is 315 g/mol. The number of unbranched alkanes of at least 4 members (excludes halogenated alkanes) is 1. The van der Waals surface area contributed by atoms with Gasteiger partial charge in [0.05, 0.1) is 25.6 Å². The normalized spacial score (nSPS) is 13.2. The zero-order valence-corrected chi connectivity index (χ0v) is 13.3. The van der Waals surface area contributed by atoms with E-state index in [2.05, 4.69) is 6.92 Å². The van der Waals surface area contributed by atoms with Gasteiger partial charge in [-0.2, -0.15) is 0 Å². The molecule has 21 heavy (non-hydrogen) atoms. The van der Waals surface area contributed by atoms with Gasteiger partial charge >= 0.3 is 0 Å². The van der Waals surface area contributed by atoms with Crippen molar-refractivity contribution >= 4 is 10.0 Å². The summed E-state index contributed by atoms with van der Waals surface area (Å²) < 4.78 is 33.6. The second kappa shape index (κ2) is 9.89. The van der Waals surface area contributed by atoms with Crippen molar-refractivity contribution in [2.24, 2.45) is 5.14 Å². The molecule has 0 aliphatic rings. The first-order valence-electron chi connectivity index (χ1n) is 7.24. The topological polar surface area (TPSA) is 78.6 Å². The number of hydrogen-bond donors (Lipinski definition) is 1. The maximum absolute atomic E-state index is 11.3. The highest BCUT2D eigenvalue weighted by molar-refractivity contribution is 7.89. The second-order valence-electron chi connectivity index (χ2n) is 4.98. The number of primary sulfonamides is 1. The molecule has 0 radical (unpaired) electrons. The summed E-state index contributed by atoms with van der Waals surface area (Å²) in [6.45, 7) is 4.14. The van der Waals surface area contributed by atoms with Crippen molar-refractivity contribution in [1.29, 1.82) is 0 Å². The van der Waals surface area contributed by atoms with E-state index in [1.54, 1.807) is 0 Å². The first-order valence-corrected chi connectivity index (χ1v) is 8.95. The van der Waals surface area contributed by atoms with Gasteiger partial charge < -0.3 is 9.47 Å². The molecule has 1 aromatic carbocycles. The molecule has 5 nitrogen and oxygen atoms in total. The van der Waals surface area contributed by atoms with Crippen LogP contribution in [0.25, 0.3) is 0 Å². The summed E-state index contributed by atoms with van der Waals surface area (Å²) in [7, 11) is -3.54. The summed E-state index contributed by atoms with van der Waals surface area (Å²) in [5.74, 6) is -0.370. The maximum atomic E-state index is 11.3. The van der Waals surface area contributed by atoms with E-state index >= 15 is 0 Å². The fourth-order valence-electron chi connectivity index (χ4n) is 1.94. The predicted octanol–water partition coefficient (Wildman–Crippen LogP) is 1.89. The van der Waals surface area contributed by atoms with Crippen molar-refractivity contribution < 1.29 is 17.9 Å². The van der Waals surface area contributed by atoms with Gasteiger partial charge in [0.25, 0.3) is 0 Å². The van der Waals surface area contributed by atoms with Gasteiger partial charge in [0, 0.05) is 12.5 Å². The predicted molar refractivity (Wildman–Crippen MR) is 83.7 cm³/mol. The van der Waals surface area contributed by atoms with Crippen LogP contribution in [0.2, 0.25) is 0 Å². The van der Waals surface area contributed by atoms with E-state index in [9.17, 15) is 8.42 Å². The smallest absolute Gasteiger partial charge is 0.209 e. The summed E-state index contributed by atoms with van der Waals surface area (Å²) in [5, 5.41) is 5.15. The number of rotatable bonds is 11. The molecule has 0 aliphatic carbocycles. The van der Waals surface area contributed by atoms with Crippen LogP contribution in [-0.2, 0) is 19.5 Å². The van der Waals surface area contributed by atoms with Gasteiger partial charge in [-0.15, -0.1) is 0 Å². The van der Waals surface area contributed by atoms with Crippen LogP contribution in [0, 0.1) is 0 Å². The highest BCUT2D eigenvalue weighted by Gasteiger charge is 2.18. The Balaban J connectivity index is 2.40. The molecule has 1 atom stereocenters. The van der Waals surface area contributed by atoms with Crippen LogP contribution in [0.1, 0.15) is 31.2 Å². The second-order valence-corrected chi connectivity index (χ2v) is 6.64. The van der Waals surface area contributed by atoms with Gasteiger partial charge in [0.2, 0.25) is 10.0 Å². The number of sulfonamides is 1. The van der Waals surface area contributed by atoms with Gasteiger partial charge in [-0.1, -0.05) is 43.7 Å². The van der Waals surface area contributed by atoms with Crippen LogP contribution in [0.3, 0.4) is 0 Å². The Morgan fingerprint density at radius 2 is 1.76 bits per heavy atom. The highest BCUT2D eigenvalue weighted by Crippen LogP contribution is 2.17. The molecule has 0 saturated carbocycles. The van der Waals surface area contributed by atoms with Crippen molar-refractivity contribution in [3.05, 3.63) is 35.9 Å². The van der Waals surface area contributed by atoms with Gasteiger partial charge in [0.15, 0.2) is 0 Å². The van der Waals surface area contributed by atoms with Crippen LogP contribution in [-0.4, -0.2) is 40.6 Å². The molecule has 0 heterocycles. The standard InChI is InChI=1S/C15H25NO4S/c1-2-3-9-19-10-11-20-12-15(13-21(16,17)18)14-7-5-4-6-8-14/h4-8,15H,2-3,9-13H2,1H3,(H2,16,17,18). The maximum Gasteiger partial charge on any atom is 0.209 e. The molecule has 0 aliphatic heterocycles. The van der Waals surface area contributed by atoms with E-state index in [1.807, 2.05) is 30.3 Å². The van der Waals surface area contributed by atoms with Crippen molar-refractivity contribution in [2.45, 2.75) is 25.7 Å². The zero-order chi connectivity index (χ0) is 15.6. The third-order valence-corrected chi connectivity index (χ3v) is 3.90. The lowest BCUT2D eigenvalue weighted by molar-refractivity contribution is 0.0428. The molecule has 0 fully saturated rings. The Labute approximate surface area is 127 Å². The van der Waals surface area contributed by atoms with Gasteiger partial charge in [0.1, 0.15) is 0 Å². The molecule has 2 N–H and O–H groups in total. The van der Waals surface area contributed by atoms with Crippen molar-refractivity contribution in [1.82, 2.24) is 0 Å². The summed E-state index contributed by atoms with van der Waals surface area (Å²) in [5.41, 5.74) is 0.915. The average molecular weight is 315 g/mol. The third-order valence-electron chi connectivity index (χ3n) is 3.04. The van der Waals surface area contributed by atoms with Crippen LogP contribution < -0.4 is 5.14 Å². The zero-order valence-electron chi connectivity index (χ0n) is 12.5. The number of nitrogens with two attached hydrogens (primary N) is 1. The fourth-order valence-corrected chi connectivity index (χ4v) is 2.79. The molecular formula is C15H25NO4S. The number of benzene rings is 1. The lowest BCUT2D eigenvalue weighted by atomic mass is 10.0. The molecule has 1 unspecified atom stereocenters. The highest BCUT2D eigenvalue weighted by atomic mass is 32.2. The lowest BCUT2D eigenvalue weighted by Gasteiger charge is -2.16. The van der Waals surface area contributed by atoms with Crippen molar-refractivity contribution in [3.8, 4) is 0 Å². The molecule has 1 aromatic rings. The lowest BCUT2D eigenvalue weighted by Crippen LogP contribution is -2.25. The summed E-state index contributed by atoms with van der Waals surface area (Å²) in [4.78, 5) is 0. The SMILES string of the molecule is CCCCOCCOCC(CS(N)(=O)=O)c1ccccc1. The van der Waals surface area contributed by atoms with Gasteiger partial charge in [-0.05, 0) is 12.0 Å². The molecule has 1 rings (SSSR count). The minimum Gasteiger partial charge on any atom is -0.379 e. The average Bonchev–Trinajstić information content (AvgIpc) is 2.45. The Morgan fingerprint density at radius 3 is 2.38 bits per heavy atom. The fraction of sp³-hybridized carbons (Fsp3) is 0.600. The Kier molecular flexibility index (Phi) is 8.52. The summed E-state index contributed by atoms with van der Waals surface area (Å²) in [6.07, 6.45) is 2.14. The van der Waals surface area contributed by atoms with Crippen molar-refractivity contribution in [3.63, 3.8) is 0 Å². The molecule has 120 valence electrons. The van der Waals surface area contributed by atoms with E-state index in [-0.39, 0.29) is 11.7 Å². The largest absolute Gasteiger partial charge is 0.379 e. The van der Waals surface area contributed by atoms with E-state index in [4.69, 9.17) is 14.6 Å². The van der Waals surface area contributed by atoms with E-state index in [0.717, 1.165) is 25.0 Å². The molecule has 6 heteroatoms. The minimum absolute atomic E-state index is 0.117. The van der Waals surface area contributed by atoms with Crippen LogP contribution >= 0.6 is 0 Å². The molecule has 0 spiro atoms. The van der Waals surface area contributed by atoms with Gasteiger partial charge in [-0.25, -0.2) is 13.6 Å². The quantitative estimate of drug-likeness (QED) is 0.633. The Hall–Kier alpha value is -0.950. The summed E-state index contributed by atoms with van der Waals surface area (Å²) >= 11 is 0. The summed E-state index contributed by atoms with van der Waals surface area (Å²) in [6, 6.07) is 9.41. The molecule has 0 saturated heterocycles. The van der Waals surface area contributed by atoms with Gasteiger partial charge in [-0.3, -0.25) is 0 Å². The first-order chi connectivity index (χ1) is 10.0. The molecule has 0 aromatic heterocycles. The number of ether oxygens (including phenoxy) is 2. The minimum atomic E-state index is -3.54. The Bertz CT molecular complexity index is 476. The van der Waals surface area contributed by atoms with E-state index < -0.39 is 10.0 Å². The van der Waals surface area contributed by atoms with Crippen LogP contribution in [0.15, 0.2) is 30.3 Å². The Morgan fingerprint density at radius 1 is 1.10 bits per heavy atom. The third kappa shape index (κ3) is 8.83. The number of hydrogen-bond acceptors (Lipinski definition) is 4. The molecular weight excluding hydrogens is 290 g/mol. The van der Waals surface area contributed by atoms with Crippen molar-refractivity contribution in [2.75, 3.05) is 32.2 Å². The van der Waals surface area contributed by atoms with Crippen LogP contribution in [0.4, 0.5) is 0 Å². The molecule has 0 amide bonds.